The number of hydrogen-bond acceptors (Lipinski definition) is 3. The van der Waals surface area contributed by atoms with Crippen molar-refractivity contribution < 1.29 is 9.21 Å². The zero-order valence-corrected chi connectivity index (χ0v) is 14.8. The van der Waals surface area contributed by atoms with Gasteiger partial charge in [-0.15, -0.1) is 0 Å². The van der Waals surface area contributed by atoms with E-state index in [9.17, 15) is 4.79 Å². The van der Waals surface area contributed by atoms with E-state index < -0.39 is 0 Å². The maximum absolute atomic E-state index is 12.3. The number of rotatable bonds is 4. The third-order valence-corrected chi connectivity index (χ3v) is 4.41. The van der Waals surface area contributed by atoms with Crippen LogP contribution in [-0.4, -0.2) is 10.9 Å². The lowest BCUT2D eigenvalue weighted by Crippen LogP contribution is -2.11. The fourth-order valence-electron chi connectivity index (χ4n) is 2.96. The lowest BCUT2D eigenvalue weighted by molar-refractivity contribution is 0.102. The summed E-state index contributed by atoms with van der Waals surface area (Å²) in [6, 6.07) is 23.1. The minimum absolute atomic E-state index is 0.120. The molecule has 0 unspecified atom stereocenters. The molecule has 0 aliphatic rings. The van der Waals surface area contributed by atoms with Crippen LogP contribution >= 0.6 is 0 Å². The van der Waals surface area contributed by atoms with Crippen molar-refractivity contribution in [2.24, 2.45) is 0 Å². The average molecular weight is 354 g/mol. The number of benzene rings is 3. The molecular formula is C23H18N2O2. The zero-order valence-electron chi connectivity index (χ0n) is 14.8. The zero-order chi connectivity index (χ0) is 18.6. The summed E-state index contributed by atoms with van der Waals surface area (Å²) < 4.78 is 5.40. The van der Waals surface area contributed by atoms with Gasteiger partial charge >= 0.3 is 0 Å². The molecule has 4 aromatic rings. The molecular weight excluding hydrogens is 336 g/mol. The quantitative estimate of drug-likeness (QED) is 0.521. The largest absolute Gasteiger partial charge is 0.445 e. The monoisotopic (exact) mass is 354 g/mol. The van der Waals surface area contributed by atoms with E-state index in [1.54, 1.807) is 24.6 Å². The van der Waals surface area contributed by atoms with Crippen molar-refractivity contribution in [1.82, 2.24) is 4.98 Å². The highest BCUT2D eigenvalue weighted by atomic mass is 16.3. The number of carbonyl (C=O) groups excluding carboxylic acids is 1. The molecule has 4 rings (SSSR count). The highest BCUT2D eigenvalue weighted by Crippen LogP contribution is 2.29. The fraction of sp³-hybridized carbons (Fsp3) is 0.0435. The summed E-state index contributed by atoms with van der Waals surface area (Å²) in [5.74, 6) is 0.480. The van der Waals surface area contributed by atoms with E-state index >= 15 is 0 Å². The van der Waals surface area contributed by atoms with Crippen LogP contribution in [0, 0.1) is 6.92 Å². The van der Waals surface area contributed by atoms with Gasteiger partial charge in [0.1, 0.15) is 6.26 Å². The highest BCUT2D eigenvalue weighted by molar-refractivity contribution is 6.04. The Labute approximate surface area is 157 Å². The average Bonchev–Trinajstić information content (AvgIpc) is 3.25. The fourth-order valence-corrected chi connectivity index (χ4v) is 2.96. The summed E-state index contributed by atoms with van der Waals surface area (Å²) in [5, 5.41) is 2.92. The van der Waals surface area contributed by atoms with Gasteiger partial charge in [-0.25, -0.2) is 4.98 Å². The third kappa shape index (κ3) is 3.65. The van der Waals surface area contributed by atoms with Crippen molar-refractivity contribution >= 4 is 11.6 Å². The Bertz CT molecular complexity index is 1050. The van der Waals surface area contributed by atoms with Gasteiger partial charge in [0.05, 0.1) is 6.20 Å². The molecule has 0 spiro atoms. The Morgan fingerprint density at radius 2 is 1.67 bits per heavy atom. The van der Waals surface area contributed by atoms with Gasteiger partial charge in [-0.05, 0) is 60.0 Å². The van der Waals surface area contributed by atoms with Crippen LogP contribution in [-0.2, 0) is 0 Å². The number of aromatic nitrogens is 1. The summed E-state index contributed by atoms with van der Waals surface area (Å²) in [6.07, 6.45) is 3.21. The van der Waals surface area contributed by atoms with E-state index in [-0.39, 0.29) is 5.91 Å². The number of nitrogens with one attached hydrogen (secondary N) is 1. The Kier molecular flexibility index (Phi) is 4.54. The van der Waals surface area contributed by atoms with Gasteiger partial charge in [0.2, 0.25) is 5.89 Å². The second-order valence-electron chi connectivity index (χ2n) is 6.26. The van der Waals surface area contributed by atoms with Crippen molar-refractivity contribution in [2.45, 2.75) is 6.92 Å². The number of amides is 1. The van der Waals surface area contributed by atoms with Crippen LogP contribution in [0.4, 0.5) is 5.69 Å². The lowest BCUT2D eigenvalue weighted by Gasteiger charge is -2.10. The van der Waals surface area contributed by atoms with Crippen LogP contribution in [0.15, 0.2) is 89.7 Å². The number of nitrogens with zero attached hydrogens (tertiary/aromatic N) is 1. The van der Waals surface area contributed by atoms with Crippen LogP contribution in [0.3, 0.4) is 0 Å². The Balaban J connectivity index is 1.57. The van der Waals surface area contributed by atoms with Gasteiger partial charge in [0.25, 0.3) is 5.91 Å². The molecule has 0 saturated carbocycles. The van der Waals surface area contributed by atoms with Crippen LogP contribution in [0.2, 0.25) is 0 Å². The topological polar surface area (TPSA) is 55.1 Å². The highest BCUT2D eigenvalue weighted by Gasteiger charge is 2.09. The first-order valence-electron chi connectivity index (χ1n) is 8.68. The second kappa shape index (κ2) is 7.30. The number of anilines is 1. The Morgan fingerprint density at radius 1 is 0.926 bits per heavy atom. The molecule has 132 valence electrons. The van der Waals surface area contributed by atoms with E-state index in [1.807, 2.05) is 48.5 Å². The molecule has 1 N–H and O–H groups in total. The molecule has 0 fully saturated rings. The maximum atomic E-state index is 12.3. The van der Waals surface area contributed by atoms with Crippen molar-refractivity contribution in [3.63, 3.8) is 0 Å². The van der Waals surface area contributed by atoms with E-state index in [0.29, 0.717) is 11.5 Å². The molecule has 0 aliphatic heterocycles. The molecule has 3 aromatic carbocycles. The minimum Gasteiger partial charge on any atom is -0.445 e. The molecule has 0 aliphatic carbocycles. The summed E-state index contributed by atoms with van der Waals surface area (Å²) in [5.41, 5.74) is 5.66. The van der Waals surface area contributed by atoms with Crippen molar-refractivity contribution in [3.8, 4) is 22.6 Å². The van der Waals surface area contributed by atoms with Gasteiger partial charge < -0.3 is 9.73 Å². The molecule has 4 nitrogen and oxygen atoms in total. The molecule has 1 amide bonds. The molecule has 27 heavy (non-hydrogen) atoms. The second-order valence-corrected chi connectivity index (χ2v) is 6.26. The van der Waals surface area contributed by atoms with Crippen molar-refractivity contribution in [2.75, 3.05) is 5.32 Å². The number of hydrogen-bond donors (Lipinski definition) is 1. The number of carbonyl (C=O) groups is 1. The molecule has 0 bridgehead atoms. The van der Waals surface area contributed by atoms with Crippen LogP contribution in [0.25, 0.3) is 22.6 Å². The summed E-state index contributed by atoms with van der Waals surface area (Å²) >= 11 is 0. The van der Waals surface area contributed by atoms with Crippen molar-refractivity contribution in [3.05, 3.63) is 96.4 Å². The molecule has 1 heterocycles. The molecule has 0 atom stereocenters. The van der Waals surface area contributed by atoms with E-state index in [1.165, 1.54) is 0 Å². The normalized spacial score (nSPS) is 10.6. The van der Waals surface area contributed by atoms with Gasteiger partial charge in [-0.3, -0.25) is 4.79 Å². The first-order chi connectivity index (χ1) is 13.2. The molecule has 0 radical (unpaired) electrons. The van der Waals surface area contributed by atoms with E-state index in [0.717, 1.165) is 27.9 Å². The van der Waals surface area contributed by atoms with Crippen LogP contribution in [0.5, 0.6) is 0 Å². The summed E-state index contributed by atoms with van der Waals surface area (Å²) in [7, 11) is 0. The number of aryl methyl sites for hydroxylation is 1. The van der Waals surface area contributed by atoms with Gasteiger partial charge in [0, 0.05) is 16.8 Å². The van der Waals surface area contributed by atoms with Gasteiger partial charge in [-0.2, -0.15) is 0 Å². The van der Waals surface area contributed by atoms with Crippen LogP contribution in [0.1, 0.15) is 15.9 Å². The summed E-state index contributed by atoms with van der Waals surface area (Å²) in [4.78, 5) is 16.5. The Morgan fingerprint density at radius 3 is 2.37 bits per heavy atom. The van der Waals surface area contributed by atoms with Crippen LogP contribution < -0.4 is 5.32 Å². The lowest BCUT2D eigenvalue weighted by atomic mass is 9.98. The Hall–Kier alpha value is -3.66. The predicted molar refractivity (Wildman–Crippen MR) is 107 cm³/mol. The molecule has 1 aromatic heterocycles. The van der Waals surface area contributed by atoms with E-state index in [4.69, 9.17) is 4.42 Å². The number of oxazole rings is 1. The van der Waals surface area contributed by atoms with E-state index in [2.05, 4.69) is 29.4 Å². The third-order valence-electron chi connectivity index (χ3n) is 4.41. The first-order valence-corrected chi connectivity index (χ1v) is 8.68. The smallest absolute Gasteiger partial charge is 0.255 e. The van der Waals surface area contributed by atoms with Gasteiger partial charge in [-0.1, -0.05) is 36.4 Å². The van der Waals surface area contributed by atoms with Crippen molar-refractivity contribution in [1.29, 1.82) is 0 Å². The predicted octanol–water partition coefficient (Wildman–Crippen LogP) is 5.57. The SMILES string of the molecule is Cc1ccc(-c2ncco2)cc1-c1ccc(NC(=O)c2ccccc2)cc1. The first kappa shape index (κ1) is 16.8. The van der Waals surface area contributed by atoms with Gasteiger partial charge in [0.15, 0.2) is 0 Å². The molecule has 4 heteroatoms. The maximum Gasteiger partial charge on any atom is 0.255 e. The standard InChI is InChI=1S/C23H18N2O2/c1-16-7-8-19(23-24-13-14-27-23)15-21(16)17-9-11-20(12-10-17)25-22(26)18-5-3-2-4-6-18/h2-15H,1H3,(H,25,26). The summed E-state index contributed by atoms with van der Waals surface area (Å²) in [6.45, 7) is 2.07. The molecule has 0 saturated heterocycles. The minimum atomic E-state index is -0.120.